The largest absolute Gasteiger partial charge is 0.511 e. The third-order valence-electron chi connectivity index (χ3n) is 3.02. The van der Waals surface area contributed by atoms with E-state index < -0.39 is 12.0 Å². The Morgan fingerprint density at radius 2 is 2.07 bits per heavy atom. The van der Waals surface area contributed by atoms with Gasteiger partial charge in [-0.25, -0.2) is 8.78 Å². The first-order chi connectivity index (χ1) is 6.96. The Kier molecular flexibility index (Phi) is 4.08. The van der Waals surface area contributed by atoms with Crippen molar-refractivity contribution in [1.82, 2.24) is 0 Å². The Balaban J connectivity index is 2.49. The lowest BCUT2D eigenvalue weighted by Crippen LogP contribution is -2.37. The molecule has 1 saturated carbocycles. The molecule has 1 rings (SSSR count). The molecule has 88 valence electrons. The molecule has 1 atom stereocenters. The molecule has 0 aromatic heterocycles. The predicted octanol–water partition coefficient (Wildman–Crippen LogP) is 2.99. The summed E-state index contributed by atoms with van der Waals surface area (Å²) in [4.78, 5) is 0. The zero-order chi connectivity index (χ0) is 11.5. The summed E-state index contributed by atoms with van der Waals surface area (Å²) < 4.78 is 25.7. The fourth-order valence-corrected chi connectivity index (χ4v) is 2.01. The van der Waals surface area contributed by atoms with Crippen LogP contribution in [0.5, 0.6) is 0 Å². The second-order valence-corrected chi connectivity index (χ2v) is 4.26. The molecular weight excluding hydrogens is 200 g/mol. The van der Waals surface area contributed by atoms with Crippen LogP contribution >= 0.6 is 0 Å². The van der Waals surface area contributed by atoms with Crippen molar-refractivity contribution in [2.24, 2.45) is 11.7 Å². The Labute approximate surface area is 89.2 Å². The molecule has 0 bridgehead atoms. The molecule has 1 fully saturated rings. The minimum Gasteiger partial charge on any atom is -0.511 e. The summed E-state index contributed by atoms with van der Waals surface area (Å²) in [6.07, 6.45) is 2.95. The summed E-state index contributed by atoms with van der Waals surface area (Å²) in [5.74, 6) is -2.39. The lowest BCUT2D eigenvalue weighted by atomic mass is 9.81. The average molecular weight is 219 g/mol. The summed E-state index contributed by atoms with van der Waals surface area (Å²) in [7, 11) is 0. The average Bonchev–Trinajstić information content (AvgIpc) is 2.17. The normalized spacial score (nSPS) is 25.2. The fourth-order valence-electron chi connectivity index (χ4n) is 2.01. The van der Waals surface area contributed by atoms with Gasteiger partial charge in [-0.2, -0.15) is 0 Å². The standard InChI is InChI=1S/C11H19F2NO/c1-2-3-9(15)10(14)8-4-6-11(12,13)7-5-8/h3,8,10,15H,2,4-7,14H2,1H3/b9-3+. The van der Waals surface area contributed by atoms with Gasteiger partial charge in [0.05, 0.1) is 6.04 Å². The minimum atomic E-state index is -2.53. The highest BCUT2D eigenvalue weighted by Gasteiger charge is 2.37. The molecule has 2 nitrogen and oxygen atoms in total. The predicted molar refractivity (Wildman–Crippen MR) is 55.9 cm³/mol. The third kappa shape index (κ3) is 3.45. The van der Waals surface area contributed by atoms with Crippen molar-refractivity contribution in [2.75, 3.05) is 0 Å². The SMILES string of the molecule is CC/C=C(/O)C(N)C1CCC(F)(F)CC1. The summed E-state index contributed by atoms with van der Waals surface area (Å²) in [6.45, 7) is 1.90. The number of aliphatic hydroxyl groups excluding tert-OH is 1. The lowest BCUT2D eigenvalue weighted by Gasteiger charge is -2.31. The van der Waals surface area contributed by atoms with Crippen molar-refractivity contribution in [3.8, 4) is 0 Å². The smallest absolute Gasteiger partial charge is 0.248 e. The van der Waals surface area contributed by atoms with Crippen LogP contribution in [0.1, 0.15) is 39.0 Å². The van der Waals surface area contributed by atoms with E-state index in [2.05, 4.69) is 0 Å². The molecule has 0 aliphatic heterocycles. The first-order valence-electron chi connectivity index (χ1n) is 5.48. The van der Waals surface area contributed by atoms with Crippen LogP contribution in [-0.2, 0) is 0 Å². The molecule has 3 N–H and O–H groups in total. The highest BCUT2D eigenvalue weighted by atomic mass is 19.3. The molecule has 4 heteroatoms. The molecule has 0 heterocycles. The van der Waals surface area contributed by atoms with Crippen LogP contribution in [-0.4, -0.2) is 17.1 Å². The second kappa shape index (κ2) is 4.92. The van der Waals surface area contributed by atoms with E-state index in [4.69, 9.17) is 5.73 Å². The van der Waals surface area contributed by atoms with Crippen LogP contribution in [0.25, 0.3) is 0 Å². The number of hydrogen-bond acceptors (Lipinski definition) is 2. The van der Waals surface area contributed by atoms with E-state index in [9.17, 15) is 13.9 Å². The molecule has 1 aliphatic rings. The van der Waals surface area contributed by atoms with Gasteiger partial charge >= 0.3 is 0 Å². The van der Waals surface area contributed by atoms with Crippen molar-refractivity contribution >= 4 is 0 Å². The molecule has 1 unspecified atom stereocenters. The van der Waals surface area contributed by atoms with Crippen molar-refractivity contribution in [3.63, 3.8) is 0 Å². The number of hydrogen-bond donors (Lipinski definition) is 2. The Bertz CT molecular complexity index is 231. The number of aliphatic hydroxyl groups is 1. The first kappa shape index (κ1) is 12.4. The van der Waals surface area contributed by atoms with E-state index in [1.165, 1.54) is 0 Å². The quantitative estimate of drug-likeness (QED) is 0.717. The highest BCUT2D eigenvalue weighted by molar-refractivity contribution is 5.03. The molecule has 0 aromatic rings. The minimum absolute atomic E-state index is 0.00701. The Morgan fingerprint density at radius 1 is 1.53 bits per heavy atom. The third-order valence-corrected chi connectivity index (χ3v) is 3.02. The van der Waals surface area contributed by atoms with Gasteiger partial charge in [0.15, 0.2) is 0 Å². The van der Waals surface area contributed by atoms with Gasteiger partial charge in [0.1, 0.15) is 5.76 Å². The zero-order valence-corrected chi connectivity index (χ0v) is 9.05. The fraction of sp³-hybridized carbons (Fsp3) is 0.818. The molecule has 0 spiro atoms. The number of allylic oxidation sites excluding steroid dienone is 1. The van der Waals surface area contributed by atoms with Gasteiger partial charge in [0.2, 0.25) is 5.92 Å². The summed E-state index contributed by atoms with van der Waals surface area (Å²) in [6, 6.07) is -0.471. The first-order valence-corrected chi connectivity index (χ1v) is 5.48. The van der Waals surface area contributed by atoms with Gasteiger partial charge in [-0.3, -0.25) is 0 Å². The second-order valence-electron chi connectivity index (χ2n) is 4.26. The van der Waals surface area contributed by atoms with Gasteiger partial charge in [-0.15, -0.1) is 0 Å². The van der Waals surface area contributed by atoms with Crippen molar-refractivity contribution < 1.29 is 13.9 Å². The maximum atomic E-state index is 12.9. The van der Waals surface area contributed by atoms with E-state index in [1.54, 1.807) is 6.08 Å². The van der Waals surface area contributed by atoms with Crippen LogP contribution in [0.2, 0.25) is 0 Å². The monoisotopic (exact) mass is 219 g/mol. The van der Waals surface area contributed by atoms with Crippen molar-refractivity contribution in [1.29, 1.82) is 0 Å². The Hall–Kier alpha value is -0.640. The van der Waals surface area contributed by atoms with Crippen LogP contribution < -0.4 is 5.73 Å². The van der Waals surface area contributed by atoms with Gasteiger partial charge in [-0.05, 0) is 31.3 Å². The maximum Gasteiger partial charge on any atom is 0.248 e. The topological polar surface area (TPSA) is 46.2 Å². The van der Waals surface area contributed by atoms with Gasteiger partial charge in [0.25, 0.3) is 0 Å². The molecular formula is C11H19F2NO. The number of alkyl halides is 2. The molecule has 0 radical (unpaired) electrons. The van der Waals surface area contributed by atoms with Crippen LogP contribution in [0, 0.1) is 5.92 Å². The van der Waals surface area contributed by atoms with Gasteiger partial charge < -0.3 is 10.8 Å². The molecule has 0 amide bonds. The summed E-state index contributed by atoms with van der Waals surface area (Å²) >= 11 is 0. The molecule has 1 aliphatic carbocycles. The number of nitrogens with two attached hydrogens (primary N) is 1. The van der Waals surface area contributed by atoms with E-state index in [1.807, 2.05) is 6.92 Å². The van der Waals surface area contributed by atoms with E-state index in [-0.39, 0.29) is 24.5 Å². The molecule has 0 saturated heterocycles. The molecule has 0 aromatic carbocycles. The summed E-state index contributed by atoms with van der Waals surface area (Å²) in [5, 5.41) is 9.55. The zero-order valence-electron chi connectivity index (χ0n) is 9.05. The maximum absolute atomic E-state index is 12.9. The lowest BCUT2D eigenvalue weighted by molar-refractivity contribution is -0.0481. The van der Waals surface area contributed by atoms with Crippen LogP contribution in [0.15, 0.2) is 11.8 Å². The van der Waals surface area contributed by atoms with E-state index >= 15 is 0 Å². The number of halogens is 2. The van der Waals surface area contributed by atoms with Crippen molar-refractivity contribution in [3.05, 3.63) is 11.8 Å². The van der Waals surface area contributed by atoms with Crippen LogP contribution in [0.4, 0.5) is 8.78 Å². The van der Waals surface area contributed by atoms with E-state index in [0.717, 1.165) is 0 Å². The molecule has 15 heavy (non-hydrogen) atoms. The van der Waals surface area contributed by atoms with Crippen molar-refractivity contribution in [2.45, 2.75) is 51.0 Å². The van der Waals surface area contributed by atoms with E-state index in [0.29, 0.717) is 19.3 Å². The highest BCUT2D eigenvalue weighted by Crippen LogP contribution is 2.37. The summed E-state index contributed by atoms with van der Waals surface area (Å²) in [5.41, 5.74) is 5.80. The van der Waals surface area contributed by atoms with Crippen LogP contribution in [0.3, 0.4) is 0 Å². The van der Waals surface area contributed by atoms with Gasteiger partial charge in [0, 0.05) is 12.8 Å². The Morgan fingerprint density at radius 3 is 2.53 bits per heavy atom. The van der Waals surface area contributed by atoms with Gasteiger partial charge in [-0.1, -0.05) is 6.92 Å². The number of rotatable bonds is 3.